The molecule has 0 rings (SSSR count). The number of hydrogen-bond donors (Lipinski definition) is 2. The molecule has 0 fully saturated rings. The molecule has 52 valence electrons. The molecule has 3 nitrogen and oxygen atoms in total. The molecule has 0 saturated carbocycles. The monoisotopic (exact) mass is 122 g/mol. The molecular weight excluding hydrogens is 108 g/mol. The molecule has 0 unspecified atom stereocenters. The summed E-state index contributed by atoms with van der Waals surface area (Å²) in [6.07, 6.45) is 0. The molecule has 0 bridgehead atoms. The van der Waals surface area contributed by atoms with Crippen LogP contribution < -0.4 is 0 Å². The SMILES string of the molecule is CC(C)(O)O.COC. The number of aliphatic hydroxyl groups is 2. The second kappa shape index (κ2) is 5.03. The van der Waals surface area contributed by atoms with Crippen LogP contribution >= 0.6 is 0 Å². The molecule has 0 amide bonds. The number of ether oxygens (including phenoxy) is 1. The summed E-state index contributed by atoms with van der Waals surface area (Å²) < 4.78 is 4.25. The van der Waals surface area contributed by atoms with Crippen LogP contribution in [-0.4, -0.2) is 30.2 Å². The van der Waals surface area contributed by atoms with E-state index in [-0.39, 0.29) is 0 Å². The van der Waals surface area contributed by atoms with Crippen LogP contribution in [-0.2, 0) is 4.74 Å². The van der Waals surface area contributed by atoms with Gasteiger partial charge in [0, 0.05) is 14.2 Å². The largest absolute Gasteiger partial charge is 0.388 e. The zero-order valence-electron chi connectivity index (χ0n) is 5.80. The molecule has 0 radical (unpaired) electrons. The van der Waals surface area contributed by atoms with Gasteiger partial charge in [0.05, 0.1) is 0 Å². The summed E-state index contributed by atoms with van der Waals surface area (Å²) in [5, 5.41) is 16.2. The number of rotatable bonds is 0. The number of hydrogen-bond acceptors (Lipinski definition) is 3. The minimum absolute atomic E-state index is 1.30. The average Bonchev–Trinajstić information content (AvgIpc) is 1.27. The van der Waals surface area contributed by atoms with Crippen molar-refractivity contribution in [2.45, 2.75) is 19.6 Å². The van der Waals surface area contributed by atoms with E-state index >= 15 is 0 Å². The third-order valence-corrected chi connectivity index (χ3v) is 0. The molecule has 0 aliphatic carbocycles. The van der Waals surface area contributed by atoms with Gasteiger partial charge in [0.25, 0.3) is 0 Å². The van der Waals surface area contributed by atoms with E-state index in [0.717, 1.165) is 0 Å². The quantitative estimate of drug-likeness (QED) is 0.443. The fourth-order valence-electron chi connectivity index (χ4n) is 0. The zero-order chi connectivity index (χ0) is 7.21. The second-order valence-electron chi connectivity index (χ2n) is 1.90. The molecular formula is C5H14O3. The molecule has 0 spiro atoms. The Hall–Kier alpha value is -0.120. The summed E-state index contributed by atoms with van der Waals surface area (Å²) in [7, 11) is 3.25. The van der Waals surface area contributed by atoms with Crippen LogP contribution in [0, 0.1) is 0 Å². The fraction of sp³-hybridized carbons (Fsp3) is 1.00. The van der Waals surface area contributed by atoms with Crippen molar-refractivity contribution in [3.05, 3.63) is 0 Å². The molecule has 0 heterocycles. The highest BCUT2D eigenvalue weighted by Gasteiger charge is 2.00. The lowest BCUT2D eigenvalue weighted by atomic mass is 10.4. The highest BCUT2D eigenvalue weighted by Crippen LogP contribution is 1.88. The molecule has 0 aliphatic heterocycles. The van der Waals surface area contributed by atoms with Crippen LogP contribution in [0.25, 0.3) is 0 Å². The Kier molecular flexibility index (Phi) is 6.78. The highest BCUT2D eigenvalue weighted by atomic mass is 16.5. The maximum atomic E-state index is 8.08. The fourth-order valence-corrected chi connectivity index (χ4v) is 0. The standard InChI is InChI=1S/C3H8O2.C2H6O/c1-3(2,4)5;1-3-2/h4-5H,1-2H3;1-2H3. The van der Waals surface area contributed by atoms with Crippen LogP contribution in [0.4, 0.5) is 0 Å². The molecule has 3 heteroatoms. The van der Waals surface area contributed by atoms with E-state index in [0.29, 0.717) is 0 Å². The Labute approximate surface area is 49.9 Å². The van der Waals surface area contributed by atoms with Gasteiger partial charge in [-0.25, -0.2) is 0 Å². The van der Waals surface area contributed by atoms with Crippen LogP contribution in [0.1, 0.15) is 13.8 Å². The van der Waals surface area contributed by atoms with Gasteiger partial charge in [-0.15, -0.1) is 0 Å². The van der Waals surface area contributed by atoms with Gasteiger partial charge in [-0.1, -0.05) is 0 Å². The molecule has 0 aromatic heterocycles. The zero-order valence-corrected chi connectivity index (χ0v) is 5.80. The van der Waals surface area contributed by atoms with Crippen molar-refractivity contribution < 1.29 is 14.9 Å². The van der Waals surface area contributed by atoms with Gasteiger partial charge < -0.3 is 14.9 Å². The molecule has 0 aliphatic rings. The summed E-state index contributed by atoms with van der Waals surface area (Å²) in [4.78, 5) is 0. The summed E-state index contributed by atoms with van der Waals surface area (Å²) in [6, 6.07) is 0. The van der Waals surface area contributed by atoms with E-state index in [4.69, 9.17) is 10.2 Å². The van der Waals surface area contributed by atoms with Gasteiger partial charge in [-0.05, 0) is 13.8 Å². The first kappa shape index (κ1) is 10.8. The van der Waals surface area contributed by atoms with E-state index in [9.17, 15) is 0 Å². The van der Waals surface area contributed by atoms with Crippen molar-refractivity contribution in [3.8, 4) is 0 Å². The smallest absolute Gasteiger partial charge is 0.156 e. The molecule has 0 aromatic carbocycles. The van der Waals surface area contributed by atoms with Crippen molar-refractivity contribution in [2.24, 2.45) is 0 Å². The van der Waals surface area contributed by atoms with Crippen molar-refractivity contribution >= 4 is 0 Å². The topological polar surface area (TPSA) is 49.7 Å². The highest BCUT2D eigenvalue weighted by molar-refractivity contribution is 4.37. The van der Waals surface area contributed by atoms with Gasteiger partial charge in [0.15, 0.2) is 5.79 Å². The van der Waals surface area contributed by atoms with E-state index in [1.807, 2.05) is 0 Å². The van der Waals surface area contributed by atoms with Gasteiger partial charge in [0.1, 0.15) is 0 Å². The Morgan fingerprint density at radius 1 is 1.12 bits per heavy atom. The van der Waals surface area contributed by atoms with Crippen molar-refractivity contribution in [1.82, 2.24) is 0 Å². The van der Waals surface area contributed by atoms with Crippen molar-refractivity contribution in [1.29, 1.82) is 0 Å². The van der Waals surface area contributed by atoms with Crippen LogP contribution in [0.2, 0.25) is 0 Å². The van der Waals surface area contributed by atoms with E-state index in [1.165, 1.54) is 13.8 Å². The predicted octanol–water partition coefficient (Wildman–Crippen LogP) is -0.0303. The summed E-state index contributed by atoms with van der Waals surface area (Å²) in [6.45, 7) is 2.60. The molecule has 0 atom stereocenters. The first-order chi connectivity index (χ1) is 3.41. The van der Waals surface area contributed by atoms with Crippen molar-refractivity contribution in [2.75, 3.05) is 14.2 Å². The lowest BCUT2D eigenvalue weighted by Gasteiger charge is -2.03. The molecule has 0 saturated heterocycles. The Morgan fingerprint density at radius 2 is 1.12 bits per heavy atom. The van der Waals surface area contributed by atoms with Gasteiger partial charge in [-0.3, -0.25) is 0 Å². The lowest BCUT2D eigenvalue weighted by molar-refractivity contribution is -0.127. The maximum Gasteiger partial charge on any atom is 0.156 e. The van der Waals surface area contributed by atoms with Crippen molar-refractivity contribution in [3.63, 3.8) is 0 Å². The Balaban J connectivity index is 0. The first-order valence-corrected chi connectivity index (χ1v) is 2.26. The minimum atomic E-state index is -1.50. The molecule has 0 aromatic rings. The van der Waals surface area contributed by atoms with Gasteiger partial charge >= 0.3 is 0 Å². The van der Waals surface area contributed by atoms with Gasteiger partial charge in [0.2, 0.25) is 0 Å². The maximum absolute atomic E-state index is 8.08. The second-order valence-corrected chi connectivity index (χ2v) is 1.90. The first-order valence-electron chi connectivity index (χ1n) is 2.26. The van der Waals surface area contributed by atoms with Gasteiger partial charge in [-0.2, -0.15) is 0 Å². The van der Waals surface area contributed by atoms with Crippen LogP contribution in [0.5, 0.6) is 0 Å². The summed E-state index contributed by atoms with van der Waals surface area (Å²) >= 11 is 0. The van der Waals surface area contributed by atoms with E-state index in [1.54, 1.807) is 14.2 Å². The third-order valence-electron chi connectivity index (χ3n) is 0. The minimum Gasteiger partial charge on any atom is -0.388 e. The molecule has 8 heavy (non-hydrogen) atoms. The predicted molar refractivity (Wildman–Crippen MR) is 31.4 cm³/mol. The van der Waals surface area contributed by atoms with Crippen LogP contribution in [0.15, 0.2) is 0 Å². The molecule has 2 N–H and O–H groups in total. The summed E-state index contributed by atoms with van der Waals surface area (Å²) in [5.74, 6) is -1.50. The summed E-state index contributed by atoms with van der Waals surface area (Å²) in [5.41, 5.74) is 0. The number of methoxy groups -OCH3 is 1. The Morgan fingerprint density at radius 3 is 1.12 bits per heavy atom. The normalized spacial score (nSPS) is 9.75. The lowest BCUT2D eigenvalue weighted by Crippen LogP contribution is -2.15. The Bertz CT molecular complexity index is 31.4. The average molecular weight is 122 g/mol. The van der Waals surface area contributed by atoms with E-state index in [2.05, 4.69) is 4.74 Å². The van der Waals surface area contributed by atoms with E-state index < -0.39 is 5.79 Å². The third kappa shape index (κ3) is 9720. The van der Waals surface area contributed by atoms with Crippen LogP contribution in [0.3, 0.4) is 0 Å².